The Balaban J connectivity index is 2.17. The van der Waals surface area contributed by atoms with Gasteiger partial charge in [-0.2, -0.15) is 0 Å². The van der Waals surface area contributed by atoms with Gasteiger partial charge in [-0.05, 0) is 53.4 Å². The zero-order chi connectivity index (χ0) is 23.3. The smallest absolute Gasteiger partial charge is 0.308 e. The van der Waals surface area contributed by atoms with Crippen LogP contribution in [-0.2, 0) is 16.6 Å². The number of hydrogen-bond donors (Lipinski definition) is 2. The lowest BCUT2D eigenvalue weighted by Crippen LogP contribution is -2.40. The molecule has 0 aliphatic rings. The highest BCUT2D eigenvalue weighted by Crippen LogP contribution is 2.43. The maximum Gasteiger partial charge on any atom is 0.308 e. The summed E-state index contributed by atoms with van der Waals surface area (Å²) in [7, 11) is 4.64. The fraction of sp³-hybridized carbons (Fsp3) is 0.269. The highest BCUT2D eigenvalue weighted by atomic mass is 16.5. The minimum absolute atomic E-state index is 0.0481. The van der Waals surface area contributed by atoms with Gasteiger partial charge in [-0.25, -0.2) is 0 Å². The Morgan fingerprint density at radius 1 is 0.844 bits per heavy atom. The number of aromatic hydroxyl groups is 1. The second kappa shape index (κ2) is 9.64. The third kappa shape index (κ3) is 4.35. The summed E-state index contributed by atoms with van der Waals surface area (Å²) in [4.78, 5) is 12.6. The molecular weight excluding hydrogens is 408 g/mol. The van der Waals surface area contributed by atoms with E-state index in [-0.39, 0.29) is 12.2 Å². The number of rotatable bonds is 9. The van der Waals surface area contributed by atoms with Crippen molar-refractivity contribution in [1.29, 1.82) is 0 Å². The first-order chi connectivity index (χ1) is 15.3. The van der Waals surface area contributed by atoms with Crippen molar-refractivity contribution in [1.82, 2.24) is 0 Å². The van der Waals surface area contributed by atoms with Gasteiger partial charge in [0.15, 0.2) is 11.5 Å². The van der Waals surface area contributed by atoms with E-state index in [1.54, 1.807) is 32.4 Å². The van der Waals surface area contributed by atoms with Gasteiger partial charge < -0.3 is 24.4 Å². The molecule has 1 atom stereocenters. The first-order valence-corrected chi connectivity index (χ1v) is 10.2. The number of ether oxygens (including phenoxy) is 3. The second-order valence-corrected chi connectivity index (χ2v) is 7.72. The summed E-state index contributed by atoms with van der Waals surface area (Å²) in [5.74, 6) is -0.231. The summed E-state index contributed by atoms with van der Waals surface area (Å²) >= 11 is 0. The molecule has 3 aromatic carbocycles. The van der Waals surface area contributed by atoms with Crippen LogP contribution in [0, 0.1) is 5.92 Å². The van der Waals surface area contributed by atoms with Crippen LogP contribution in [0.2, 0.25) is 0 Å². The lowest BCUT2D eigenvalue weighted by atomic mass is 9.65. The fourth-order valence-electron chi connectivity index (χ4n) is 4.10. The van der Waals surface area contributed by atoms with Crippen LogP contribution in [0.5, 0.6) is 23.0 Å². The Morgan fingerprint density at radius 2 is 1.34 bits per heavy atom. The molecule has 0 heterocycles. The van der Waals surface area contributed by atoms with Crippen LogP contribution in [0.15, 0.2) is 66.7 Å². The van der Waals surface area contributed by atoms with E-state index < -0.39 is 17.3 Å². The third-order valence-electron chi connectivity index (χ3n) is 6.10. The molecular formula is C26H28O6. The lowest BCUT2D eigenvalue weighted by molar-refractivity contribution is -0.143. The standard InChI is InChI=1S/C26H28O6/c1-26(18-8-12-20(30-2)13-9-18,19-10-14-21(31-3)15-11-19)22(25(28)29)16-17-6-5-7-23(32-4)24(17)27/h5-15,22,27H,16H2,1-4H3,(H,28,29). The Hall–Kier alpha value is -3.67. The molecule has 0 aliphatic carbocycles. The predicted octanol–water partition coefficient (Wildman–Crippen LogP) is 4.67. The first-order valence-electron chi connectivity index (χ1n) is 10.2. The van der Waals surface area contributed by atoms with E-state index in [1.165, 1.54) is 7.11 Å². The van der Waals surface area contributed by atoms with Crippen molar-refractivity contribution in [2.24, 2.45) is 5.92 Å². The molecule has 2 N–H and O–H groups in total. The summed E-state index contributed by atoms with van der Waals surface area (Å²) in [5.41, 5.74) is 1.22. The number of phenols is 1. The highest BCUT2D eigenvalue weighted by molar-refractivity contribution is 5.75. The molecule has 6 heteroatoms. The first kappa shape index (κ1) is 23.0. The van der Waals surface area contributed by atoms with Gasteiger partial charge in [0.05, 0.1) is 27.2 Å². The number of carboxylic acids is 1. The second-order valence-electron chi connectivity index (χ2n) is 7.72. The van der Waals surface area contributed by atoms with Crippen LogP contribution < -0.4 is 14.2 Å². The van der Waals surface area contributed by atoms with Crippen LogP contribution in [0.1, 0.15) is 23.6 Å². The van der Waals surface area contributed by atoms with Gasteiger partial charge in [0, 0.05) is 5.41 Å². The van der Waals surface area contributed by atoms with Gasteiger partial charge >= 0.3 is 5.97 Å². The van der Waals surface area contributed by atoms with Gasteiger partial charge in [0.1, 0.15) is 11.5 Å². The fourth-order valence-corrected chi connectivity index (χ4v) is 4.10. The molecule has 0 fully saturated rings. The molecule has 0 saturated carbocycles. The largest absolute Gasteiger partial charge is 0.504 e. The molecule has 3 aromatic rings. The quantitative estimate of drug-likeness (QED) is 0.507. The number of carbonyl (C=O) groups is 1. The van der Waals surface area contributed by atoms with Crippen LogP contribution >= 0.6 is 0 Å². The van der Waals surface area contributed by atoms with Crippen molar-refractivity contribution in [3.05, 3.63) is 83.4 Å². The normalized spacial score (nSPS) is 12.1. The maximum atomic E-state index is 12.6. The zero-order valence-electron chi connectivity index (χ0n) is 18.7. The molecule has 0 bridgehead atoms. The number of phenolic OH excluding ortho intramolecular Hbond substituents is 1. The number of para-hydroxylation sites is 1. The topological polar surface area (TPSA) is 85.2 Å². The number of hydrogen-bond acceptors (Lipinski definition) is 5. The summed E-state index contributed by atoms with van der Waals surface area (Å²) in [5, 5.41) is 21.0. The number of aliphatic carboxylic acids is 1. The average molecular weight is 437 g/mol. The van der Waals surface area contributed by atoms with Crippen molar-refractivity contribution in [2.45, 2.75) is 18.8 Å². The van der Waals surface area contributed by atoms with Gasteiger partial charge in [-0.3, -0.25) is 4.79 Å². The zero-order valence-corrected chi connectivity index (χ0v) is 18.7. The molecule has 0 amide bonds. The van der Waals surface area contributed by atoms with Crippen LogP contribution in [0.25, 0.3) is 0 Å². The highest BCUT2D eigenvalue weighted by Gasteiger charge is 2.42. The van der Waals surface area contributed by atoms with E-state index in [4.69, 9.17) is 14.2 Å². The monoisotopic (exact) mass is 436 g/mol. The Kier molecular flexibility index (Phi) is 6.93. The van der Waals surface area contributed by atoms with E-state index in [9.17, 15) is 15.0 Å². The molecule has 1 unspecified atom stereocenters. The van der Waals surface area contributed by atoms with E-state index in [0.29, 0.717) is 22.8 Å². The van der Waals surface area contributed by atoms with E-state index in [2.05, 4.69) is 0 Å². The Labute approximate surface area is 188 Å². The summed E-state index contributed by atoms with van der Waals surface area (Å²) in [6.45, 7) is 1.91. The van der Waals surface area contributed by atoms with Crippen molar-refractivity contribution < 1.29 is 29.2 Å². The molecule has 0 aliphatic heterocycles. The Bertz CT molecular complexity index is 1010. The number of carboxylic acid groups (broad SMARTS) is 1. The Morgan fingerprint density at radius 3 is 1.75 bits per heavy atom. The van der Waals surface area contributed by atoms with Crippen LogP contribution in [0.4, 0.5) is 0 Å². The van der Waals surface area contributed by atoms with E-state index in [1.807, 2.05) is 55.5 Å². The maximum absolute atomic E-state index is 12.6. The van der Waals surface area contributed by atoms with Crippen LogP contribution in [0.3, 0.4) is 0 Å². The average Bonchev–Trinajstić information content (AvgIpc) is 2.82. The van der Waals surface area contributed by atoms with Gasteiger partial charge in [0.2, 0.25) is 0 Å². The van der Waals surface area contributed by atoms with Crippen molar-refractivity contribution in [3.63, 3.8) is 0 Å². The molecule has 0 saturated heterocycles. The summed E-state index contributed by atoms with van der Waals surface area (Å²) < 4.78 is 15.8. The number of methoxy groups -OCH3 is 3. The van der Waals surface area contributed by atoms with Gasteiger partial charge in [-0.15, -0.1) is 0 Å². The molecule has 0 aromatic heterocycles. The molecule has 3 rings (SSSR count). The number of benzene rings is 3. The van der Waals surface area contributed by atoms with Gasteiger partial charge in [-0.1, -0.05) is 43.3 Å². The summed E-state index contributed by atoms with van der Waals surface area (Å²) in [6, 6.07) is 19.9. The molecule has 0 spiro atoms. The summed E-state index contributed by atoms with van der Waals surface area (Å²) in [6.07, 6.45) is 0.104. The predicted molar refractivity (Wildman–Crippen MR) is 122 cm³/mol. The van der Waals surface area contributed by atoms with Gasteiger partial charge in [0.25, 0.3) is 0 Å². The minimum atomic E-state index is -0.971. The third-order valence-corrected chi connectivity index (χ3v) is 6.10. The molecule has 32 heavy (non-hydrogen) atoms. The van der Waals surface area contributed by atoms with Crippen molar-refractivity contribution in [3.8, 4) is 23.0 Å². The van der Waals surface area contributed by atoms with Crippen LogP contribution in [-0.4, -0.2) is 37.5 Å². The molecule has 6 nitrogen and oxygen atoms in total. The lowest BCUT2D eigenvalue weighted by Gasteiger charge is -2.37. The van der Waals surface area contributed by atoms with Crippen molar-refractivity contribution >= 4 is 5.97 Å². The minimum Gasteiger partial charge on any atom is -0.504 e. The van der Waals surface area contributed by atoms with E-state index >= 15 is 0 Å². The SMILES string of the molecule is COc1ccc(C(C)(c2ccc(OC)cc2)C(Cc2cccc(OC)c2O)C(=O)O)cc1. The van der Waals surface area contributed by atoms with Crippen molar-refractivity contribution in [2.75, 3.05) is 21.3 Å². The molecule has 0 radical (unpaired) electrons. The van der Waals surface area contributed by atoms with E-state index in [0.717, 1.165) is 11.1 Å². The molecule has 168 valence electrons.